The predicted molar refractivity (Wildman–Crippen MR) is 113 cm³/mol. The summed E-state index contributed by atoms with van der Waals surface area (Å²) < 4.78 is 17.4. The second-order valence-corrected chi connectivity index (χ2v) is 7.86. The van der Waals surface area contributed by atoms with Gasteiger partial charge in [-0.1, -0.05) is 43.7 Å². The first-order valence-electron chi connectivity index (χ1n) is 10.6. The normalized spacial score (nSPS) is 17.4. The summed E-state index contributed by atoms with van der Waals surface area (Å²) in [5.41, 5.74) is 1.47. The summed E-state index contributed by atoms with van der Waals surface area (Å²) in [5.74, 6) is -0.375. The fourth-order valence-corrected chi connectivity index (χ4v) is 4.12. The van der Waals surface area contributed by atoms with Crippen molar-refractivity contribution in [1.29, 1.82) is 0 Å². The second kappa shape index (κ2) is 8.78. The van der Waals surface area contributed by atoms with Crippen LogP contribution in [0.2, 0.25) is 0 Å². The summed E-state index contributed by atoms with van der Waals surface area (Å²) in [5, 5.41) is 2.76. The number of rotatable bonds is 6. The van der Waals surface area contributed by atoms with E-state index in [1.165, 1.54) is 6.42 Å². The van der Waals surface area contributed by atoms with Crippen LogP contribution in [0, 0.1) is 0 Å². The first-order chi connectivity index (χ1) is 14.6. The van der Waals surface area contributed by atoms with Gasteiger partial charge in [-0.15, -0.1) is 0 Å². The van der Waals surface area contributed by atoms with E-state index >= 15 is 0 Å². The number of amides is 1. The highest BCUT2D eigenvalue weighted by Gasteiger charge is 2.42. The minimum Gasteiger partial charge on any atom is -0.455 e. The Bertz CT molecular complexity index is 905. The Kier molecular flexibility index (Phi) is 5.93. The number of carbonyl (C=O) groups excluding carboxylic acids is 2. The molecule has 1 spiro atoms. The van der Waals surface area contributed by atoms with Crippen LogP contribution in [0.3, 0.4) is 0 Å². The van der Waals surface area contributed by atoms with Crippen LogP contribution in [0.4, 0.5) is 5.69 Å². The molecule has 4 rings (SSSR count). The number of fused-ring (bicyclic) bond motifs is 1. The van der Waals surface area contributed by atoms with Crippen LogP contribution in [-0.4, -0.2) is 24.3 Å². The van der Waals surface area contributed by atoms with Crippen molar-refractivity contribution < 1.29 is 23.8 Å². The molecule has 1 saturated carbocycles. The molecular weight excluding hydrogens is 382 g/mol. The van der Waals surface area contributed by atoms with Gasteiger partial charge in [0.05, 0.1) is 5.92 Å². The van der Waals surface area contributed by atoms with Crippen molar-refractivity contribution >= 4 is 17.6 Å². The SMILES string of the molecule is CC[C@H](C(=O)OCC(=O)Nc1ccc2c(c1)OC1(CCCCC1)O2)c1ccccc1. The molecule has 1 fully saturated rings. The first-order valence-corrected chi connectivity index (χ1v) is 10.6. The molecule has 0 bridgehead atoms. The van der Waals surface area contributed by atoms with Gasteiger partial charge in [-0.3, -0.25) is 9.59 Å². The summed E-state index contributed by atoms with van der Waals surface area (Å²) in [4.78, 5) is 24.7. The maximum Gasteiger partial charge on any atom is 0.313 e. The summed E-state index contributed by atoms with van der Waals surface area (Å²) >= 11 is 0. The Morgan fingerprint density at radius 2 is 1.77 bits per heavy atom. The van der Waals surface area contributed by atoms with E-state index in [2.05, 4.69) is 5.32 Å². The van der Waals surface area contributed by atoms with Crippen LogP contribution in [0.5, 0.6) is 11.5 Å². The van der Waals surface area contributed by atoms with Gasteiger partial charge in [-0.25, -0.2) is 0 Å². The standard InChI is InChI=1S/C24H27NO5/c1-2-19(17-9-5-3-6-10-17)23(27)28-16-22(26)25-18-11-12-20-21(15-18)30-24(29-20)13-7-4-8-14-24/h3,5-6,9-12,15,19H,2,4,7-8,13-14,16H2,1H3,(H,25,26)/t19-/m0/s1. The molecule has 0 saturated heterocycles. The molecule has 1 atom stereocenters. The fraction of sp³-hybridized carbons (Fsp3) is 0.417. The number of hydrogen-bond acceptors (Lipinski definition) is 5. The van der Waals surface area contributed by atoms with Crippen LogP contribution < -0.4 is 14.8 Å². The molecule has 30 heavy (non-hydrogen) atoms. The van der Waals surface area contributed by atoms with Gasteiger partial charge in [0.15, 0.2) is 18.1 Å². The zero-order valence-electron chi connectivity index (χ0n) is 17.2. The van der Waals surface area contributed by atoms with E-state index in [0.29, 0.717) is 23.6 Å². The minimum absolute atomic E-state index is 0.333. The van der Waals surface area contributed by atoms with Gasteiger partial charge in [0.1, 0.15) is 0 Å². The molecule has 1 N–H and O–H groups in total. The highest BCUT2D eigenvalue weighted by Crippen LogP contribution is 2.46. The number of anilines is 1. The van der Waals surface area contributed by atoms with Crippen molar-refractivity contribution in [2.75, 3.05) is 11.9 Å². The number of esters is 1. The number of carbonyl (C=O) groups is 2. The lowest BCUT2D eigenvalue weighted by molar-refractivity contribution is -0.149. The topological polar surface area (TPSA) is 73.9 Å². The Hall–Kier alpha value is -3.02. The highest BCUT2D eigenvalue weighted by molar-refractivity contribution is 5.93. The van der Waals surface area contributed by atoms with E-state index in [1.807, 2.05) is 43.3 Å². The zero-order chi connectivity index (χ0) is 21.0. The van der Waals surface area contributed by atoms with Crippen LogP contribution in [0.1, 0.15) is 56.9 Å². The fourth-order valence-electron chi connectivity index (χ4n) is 4.12. The van der Waals surface area contributed by atoms with E-state index in [1.54, 1.807) is 12.1 Å². The number of benzene rings is 2. The van der Waals surface area contributed by atoms with E-state index in [0.717, 1.165) is 31.2 Å². The summed E-state index contributed by atoms with van der Waals surface area (Å²) in [6, 6.07) is 14.8. The number of hydrogen-bond donors (Lipinski definition) is 1. The van der Waals surface area contributed by atoms with Crippen molar-refractivity contribution in [2.45, 2.75) is 57.2 Å². The second-order valence-electron chi connectivity index (χ2n) is 7.86. The van der Waals surface area contributed by atoms with Crippen LogP contribution in [0.15, 0.2) is 48.5 Å². The highest BCUT2D eigenvalue weighted by atomic mass is 16.7. The molecule has 2 aromatic rings. The Morgan fingerprint density at radius 1 is 1.03 bits per heavy atom. The van der Waals surface area contributed by atoms with Gasteiger partial charge in [0, 0.05) is 24.6 Å². The van der Waals surface area contributed by atoms with Gasteiger partial charge in [0.2, 0.25) is 0 Å². The molecule has 6 nitrogen and oxygen atoms in total. The Balaban J connectivity index is 1.32. The molecular formula is C24H27NO5. The third-order valence-corrected chi connectivity index (χ3v) is 5.67. The van der Waals surface area contributed by atoms with E-state index in [-0.39, 0.29) is 12.5 Å². The Labute approximate surface area is 176 Å². The molecule has 0 radical (unpaired) electrons. The van der Waals surface area contributed by atoms with Crippen molar-refractivity contribution in [3.05, 3.63) is 54.1 Å². The van der Waals surface area contributed by atoms with Gasteiger partial charge >= 0.3 is 5.97 Å². The maximum absolute atomic E-state index is 12.4. The van der Waals surface area contributed by atoms with Crippen LogP contribution in [-0.2, 0) is 14.3 Å². The summed E-state index contributed by atoms with van der Waals surface area (Å²) in [6.07, 6.45) is 5.73. The Morgan fingerprint density at radius 3 is 2.50 bits per heavy atom. The van der Waals surface area contributed by atoms with Gasteiger partial charge in [0.25, 0.3) is 11.7 Å². The molecule has 1 amide bonds. The molecule has 6 heteroatoms. The third-order valence-electron chi connectivity index (χ3n) is 5.67. The van der Waals surface area contributed by atoms with E-state index < -0.39 is 17.7 Å². The lowest BCUT2D eigenvalue weighted by Crippen LogP contribution is -2.40. The quantitative estimate of drug-likeness (QED) is 0.694. The molecule has 1 aliphatic carbocycles. The smallest absolute Gasteiger partial charge is 0.313 e. The van der Waals surface area contributed by atoms with E-state index in [4.69, 9.17) is 14.2 Å². The average molecular weight is 409 g/mol. The van der Waals surface area contributed by atoms with Crippen molar-refractivity contribution in [2.24, 2.45) is 0 Å². The largest absolute Gasteiger partial charge is 0.455 e. The van der Waals surface area contributed by atoms with Crippen LogP contribution in [0.25, 0.3) is 0 Å². The summed E-state index contributed by atoms with van der Waals surface area (Å²) in [7, 11) is 0. The predicted octanol–water partition coefficient (Wildman–Crippen LogP) is 4.79. The molecule has 2 aromatic carbocycles. The molecule has 158 valence electrons. The minimum atomic E-state index is -0.550. The van der Waals surface area contributed by atoms with Gasteiger partial charge in [-0.2, -0.15) is 0 Å². The van der Waals surface area contributed by atoms with Crippen molar-refractivity contribution in [1.82, 2.24) is 0 Å². The van der Waals surface area contributed by atoms with Gasteiger partial charge in [-0.05, 0) is 37.0 Å². The lowest BCUT2D eigenvalue weighted by Gasteiger charge is -2.31. The summed E-state index contributed by atoms with van der Waals surface area (Å²) in [6.45, 7) is 1.59. The van der Waals surface area contributed by atoms with Gasteiger partial charge < -0.3 is 19.5 Å². The monoisotopic (exact) mass is 409 g/mol. The molecule has 0 aromatic heterocycles. The third kappa shape index (κ3) is 4.42. The lowest BCUT2D eigenvalue weighted by atomic mass is 9.94. The van der Waals surface area contributed by atoms with Crippen molar-refractivity contribution in [3.8, 4) is 11.5 Å². The molecule has 1 heterocycles. The first kappa shape index (κ1) is 20.3. The average Bonchev–Trinajstić information content (AvgIpc) is 3.10. The maximum atomic E-state index is 12.4. The van der Waals surface area contributed by atoms with Crippen LogP contribution >= 0.6 is 0 Å². The van der Waals surface area contributed by atoms with E-state index in [9.17, 15) is 9.59 Å². The molecule has 0 unspecified atom stereocenters. The van der Waals surface area contributed by atoms with Crippen molar-refractivity contribution in [3.63, 3.8) is 0 Å². The number of ether oxygens (including phenoxy) is 3. The molecule has 2 aliphatic rings. The number of nitrogens with one attached hydrogen (secondary N) is 1. The molecule has 1 aliphatic heterocycles. The zero-order valence-corrected chi connectivity index (χ0v) is 17.2.